The van der Waals surface area contributed by atoms with E-state index in [9.17, 15) is 55.5 Å². The Morgan fingerprint density at radius 1 is 0.745 bits per heavy atom. The highest BCUT2D eigenvalue weighted by molar-refractivity contribution is 5.76. The summed E-state index contributed by atoms with van der Waals surface area (Å²) in [6.45, 7) is 1.06. The van der Waals surface area contributed by atoms with Crippen molar-refractivity contribution in [3.8, 4) is 11.8 Å². The van der Waals surface area contributed by atoms with E-state index in [0.717, 1.165) is 0 Å². The molecule has 3 heterocycles. The fourth-order valence-corrected chi connectivity index (χ4v) is 5.15. The van der Waals surface area contributed by atoms with E-state index in [4.69, 9.17) is 23.8 Å². The van der Waals surface area contributed by atoms with Crippen LogP contribution in [0.1, 0.15) is 51.9 Å². The van der Waals surface area contributed by atoms with Gasteiger partial charge in [0.25, 0.3) is 0 Å². The number of aliphatic hydroxyl groups is 7. The molecule has 1 amide bonds. The second-order valence-corrected chi connectivity index (χ2v) is 11.6. The summed E-state index contributed by atoms with van der Waals surface area (Å²) in [5.74, 6) is -1.71. The minimum Gasteiger partial charge on any atom is -0.492 e. The van der Waals surface area contributed by atoms with Crippen molar-refractivity contribution in [2.45, 2.75) is 113 Å². The molecule has 9 N–H and O–H groups in total. The largest absolute Gasteiger partial charge is 0.492 e. The highest BCUT2D eigenvalue weighted by Gasteiger charge is 2.44. The summed E-state index contributed by atoms with van der Waals surface area (Å²) < 4.78 is 22.5. The molecule has 10 atom stereocenters. The third kappa shape index (κ3) is 10.9. The Labute approximate surface area is 271 Å². The SMILES string of the molecule is CC1OC(OCCN(CCCOC2OC(CO)C(O)C(O)C2O)C(=O)CCCCCCC(=O)On2c(O)ccc2O)C(O)C(O)C1O. The molecule has 1 aromatic heterocycles. The van der Waals surface area contributed by atoms with E-state index in [2.05, 4.69) is 0 Å². The van der Waals surface area contributed by atoms with Gasteiger partial charge in [-0.2, -0.15) is 0 Å². The highest BCUT2D eigenvalue weighted by Crippen LogP contribution is 2.24. The number of hydrogen-bond donors (Lipinski definition) is 9. The van der Waals surface area contributed by atoms with Crippen LogP contribution in [0.25, 0.3) is 0 Å². The molecule has 10 unspecified atom stereocenters. The first-order valence-corrected chi connectivity index (χ1v) is 15.7. The summed E-state index contributed by atoms with van der Waals surface area (Å²) in [5, 5.41) is 88.6. The second-order valence-electron chi connectivity index (χ2n) is 11.6. The van der Waals surface area contributed by atoms with Crippen LogP contribution in [-0.4, -0.2) is 162 Å². The first kappa shape index (κ1) is 38.8. The standard InChI is InChI=1S/C29H48N2O16/c1-16-22(37)24(39)26(41)28(45-16)44-14-12-30(11-6-13-43-29-27(42)25(40)23(38)17(15-32)46-29)18(33)7-4-2-3-5-8-21(36)47-31-19(34)9-10-20(31)35/h9-10,16-17,22-29,32,34-35,37-42H,2-8,11-15H2,1H3. The highest BCUT2D eigenvalue weighted by atomic mass is 16.7. The number of aromatic hydroxyl groups is 2. The number of nitrogens with zero attached hydrogens (tertiary/aromatic N) is 2. The molecule has 0 aliphatic carbocycles. The molecule has 1 aromatic rings. The molecule has 3 rings (SSSR count). The Bertz CT molecular complexity index is 1080. The van der Waals surface area contributed by atoms with Crippen molar-refractivity contribution >= 4 is 11.9 Å². The predicted octanol–water partition coefficient (Wildman–Crippen LogP) is -2.93. The van der Waals surface area contributed by atoms with Crippen LogP contribution in [0.5, 0.6) is 11.8 Å². The van der Waals surface area contributed by atoms with Gasteiger partial charge >= 0.3 is 5.97 Å². The number of aliphatic hydroxyl groups excluding tert-OH is 7. The first-order chi connectivity index (χ1) is 22.3. The van der Waals surface area contributed by atoms with Gasteiger partial charge in [0.05, 0.1) is 25.9 Å². The molecule has 2 aliphatic rings. The van der Waals surface area contributed by atoms with Crippen LogP contribution in [0.3, 0.4) is 0 Å². The van der Waals surface area contributed by atoms with E-state index < -0.39 is 85.7 Å². The summed E-state index contributed by atoms with van der Waals surface area (Å²) in [5.41, 5.74) is 0. The van der Waals surface area contributed by atoms with Gasteiger partial charge in [-0.15, -0.1) is 4.73 Å². The van der Waals surface area contributed by atoms with Crippen molar-refractivity contribution < 1.29 is 79.3 Å². The van der Waals surface area contributed by atoms with Crippen molar-refractivity contribution in [3.63, 3.8) is 0 Å². The van der Waals surface area contributed by atoms with Crippen LogP contribution in [0.4, 0.5) is 0 Å². The molecule has 0 spiro atoms. The zero-order chi connectivity index (χ0) is 34.7. The van der Waals surface area contributed by atoms with Crippen LogP contribution in [0, 0.1) is 0 Å². The maximum Gasteiger partial charge on any atom is 0.333 e. The lowest BCUT2D eigenvalue weighted by atomic mass is 9.99. The van der Waals surface area contributed by atoms with Gasteiger partial charge in [-0.3, -0.25) is 4.79 Å². The maximum absolute atomic E-state index is 13.1. The Morgan fingerprint density at radius 3 is 1.96 bits per heavy atom. The summed E-state index contributed by atoms with van der Waals surface area (Å²) in [6.07, 6.45) is -10.8. The molecule has 0 aromatic carbocycles. The third-order valence-corrected chi connectivity index (χ3v) is 8.02. The number of ether oxygens (including phenoxy) is 4. The van der Waals surface area contributed by atoms with Crippen LogP contribution in [-0.2, 0) is 28.5 Å². The van der Waals surface area contributed by atoms with Gasteiger partial charge in [0.2, 0.25) is 17.7 Å². The normalized spacial score (nSPS) is 31.1. The topological polar surface area (TPSA) is 271 Å². The van der Waals surface area contributed by atoms with E-state index in [1.165, 1.54) is 24.0 Å². The van der Waals surface area contributed by atoms with E-state index in [-0.39, 0.29) is 51.5 Å². The van der Waals surface area contributed by atoms with Gasteiger partial charge in [-0.1, -0.05) is 12.8 Å². The number of hydrogen-bond acceptors (Lipinski definition) is 16. The molecule has 18 nitrogen and oxygen atoms in total. The fraction of sp³-hybridized carbons (Fsp3) is 0.793. The average molecular weight is 681 g/mol. The molecule has 0 bridgehead atoms. The monoisotopic (exact) mass is 680 g/mol. The number of rotatable bonds is 18. The van der Waals surface area contributed by atoms with Gasteiger partial charge in [-0.05, 0) is 26.2 Å². The number of carbonyl (C=O) groups excluding carboxylic acids is 2. The molecule has 0 radical (unpaired) electrons. The van der Waals surface area contributed by atoms with E-state index >= 15 is 0 Å². The van der Waals surface area contributed by atoms with Crippen LogP contribution in [0.2, 0.25) is 0 Å². The zero-order valence-electron chi connectivity index (χ0n) is 26.2. The molecule has 2 fully saturated rings. The van der Waals surface area contributed by atoms with E-state index in [0.29, 0.717) is 30.4 Å². The van der Waals surface area contributed by atoms with Crippen LogP contribution in [0.15, 0.2) is 12.1 Å². The lowest BCUT2D eigenvalue weighted by Crippen LogP contribution is -2.59. The fourth-order valence-electron chi connectivity index (χ4n) is 5.15. The van der Waals surface area contributed by atoms with Gasteiger partial charge in [0.1, 0.15) is 42.7 Å². The molecule has 47 heavy (non-hydrogen) atoms. The van der Waals surface area contributed by atoms with Crippen molar-refractivity contribution in [2.24, 2.45) is 0 Å². The number of aromatic nitrogens is 1. The number of unbranched alkanes of at least 4 members (excludes halogenated alkanes) is 3. The van der Waals surface area contributed by atoms with Crippen LogP contribution >= 0.6 is 0 Å². The smallest absolute Gasteiger partial charge is 0.333 e. The summed E-state index contributed by atoms with van der Waals surface area (Å²) in [7, 11) is 0. The molecular weight excluding hydrogens is 632 g/mol. The zero-order valence-corrected chi connectivity index (χ0v) is 26.2. The summed E-state index contributed by atoms with van der Waals surface area (Å²) >= 11 is 0. The Morgan fingerprint density at radius 2 is 1.32 bits per heavy atom. The maximum atomic E-state index is 13.1. The molecule has 270 valence electrons. The Balaban J connectivity index is 1.44. The minimum atomic E-state index is -1.59. The van der Waals surface area contributed by atoms with Crippen molar-refractivity contribution in [1.29, 1.82) is 0 Å². The Kier molecular flexibility index (Phi) is 15.5. The number of carbonyl (C=O) groups is 2. The van der Waals surface area contributed by atoms with Gasteiger partial charge in [-0.25, -0.2) is 4.79 Å². The summed E-state index contributed by atoms with van der Waals surface area (Å²) in [4.78, 5) is 31.5. The van der Waals surface area contributed by atoms with Gasteiger partial charge in [0, 0.05) is 38.1 Å². The molecule has 18 heteroatoms. The number of amides is 1. The van der Waals surface area contributed by atoms with Crippen molar-refractivity contribution in [2.75, 3.05) is 32.9 Å². The lowest BCUT2D eigenvalue weighted by molar-refractivity contribution is -0.301. The van der Waals surface area contributed by atoms with Gasteiger partial charge < -0.3 is 74.6 Å². The van der Waals surface area contributed by atoms with Gasteiger partial charge in [0.15, 0.2) is 12.6 Å². The van der Waals surface area contributed by atoms with Crippen molar-refractivity contribution in [1.82, 2.24) is 9.63 Å². The lowest BCUT2D eigenvalue weighted by Gasteiger charge is -2.39. The molecule has 2 aliphatic heterocycles. The van der Waals surface area contributed by atoms with E-state index in [1.807, 2.05) is 0 Å². The molecule has 0 saturated carbocycles. The third-order valence-electron chi connectivity index (χ3n) is 8.02. The Hall–Kier alpha value is -2.62. The second kappa shape index (κ2) is 18.8. The van der Waals surface area contributed by atoms with Crippen molar-refractivity contribution in [3.05, 3.63) is 12.1 Å². The minimum absolute atomic E-state index is 0.0198. The molecular formula is C29H48N2O16. The van der Waals surface area contributed by atoms with E-state index in [1.54, 1.807) is 0 Å². The quantitative estimate of drug-likeness (QED) is 0.0703. The average Bonchev–Trinajstić information content (AvgIpc) is 3.36. The van der Waals surface area contributed by atoms with Crippen LogP contribution < -0.4 is 4.84 Å². The molecule has 2 saturated heterocycles. The first-order valence-electron chi connectivity index (χ1n) is 15.7. The predicted molar refractivity (Wildman–Crippen MR) is 156 cm³/mol. The summed E-state index contributed by atoms with van der Waals surface area (Å²) in [6, 6.07) is 2.34.